The van der Waals surface area contributed by atoms with E-state index in [1.807, 2.05) is 12.1 Å². The number of nitrogens with zero attached hydrogens (tertiary/aromatic N) is 1. The zero-order valence-electron chi connectivity index (χ0n) is 18.4. The van der Waals surface area contributed by atoms with Gasteiger partial charge in [0.2, 0.25) is 10.0 Å². The number of methoxy groups -OCH3 is 1. The summed E-state index contributed by atoms with van der Waals surface area (Å²) in [6.45, 7) is 4.24. The molecule has 2 aromatic rings. The molecule has 0 aliphatic rings. The standard InChI is InChI=1S/C23H28N2O6S/c1-4-25(5-2)32(28,29)21-13-8-18(9-14-21)10-15-23(27)31-17-22(26)24-16-19-6-11-20(30-3)12-7-19/h6-15H,4-5,16-17H2,1-3H3,(H,24,26)/b15-10+. The number of nitrogens with one attached hydrogen (secondary N) is 1. The molecule has 2 aromatic carbocycles. The van der Waals surface area contributed by atoms with Gasteiger partial charge < -0.3 is 14.8 Å². The smallest absolute Gasteiger partial charge is 0.331 e. The Hall–Kier alpha value is -3.17. The molecule has 0 saturated heterocycles. The summed E-state index contributed by atoms with van der Waals surface area (Å²) in [6.07, 6.45) is 2.68. The molecular weight excluding hydrogens is 432 g/mol. The zero-order chi connectivity index (χ0) is 23.6. The van der Waals surface area contributed by atoms with Crippen LogP contribution in [0.4, 0.5) is 0 Å². The number of sulfonamides is 1. The van der Waals surface area contributed by atoms with Crippen molar-refractivity contribution in [1.29, 1.82) is 0 Å². The molecule has 0 aliphatic heterocycles. The predicted octanol–water partition coefficient (Wildman–Crippen LogP) is 2.60. The fourth-order valence-corrected chi connectivity index (χ4v) is 4.27. The molecule has 0 aromatic heterocycles. The van der Waals surface area contributed by atoms with Crippen molar-refractivity contribution in [3.8, 4) is 5.75 Å². The van der Waals surface area contributed by atoms with Gasteiger partial charge in [-0.1, -0.05) is 38.1 Å². The highest BCUT2D eigenvalue weighted by molar-refractivity contribution is 7.89. The maximum atomic E-state index is 12.5. The minimum atomic E-state index is -3.53. The van der Waals surface area contributed by atoms with Crippen molar-refractivity contribution in [2.45, 2.75) is 25.3 Å². The van der Waals surface area contributed by atoms with Gasteiger partial charge in [0, 0.05) is 25.7 Å². The summed E-state index contributed by atoms with van der Waals surface area (Å²) in [5, 5.41) is 2.66. The van der Waals surface area contributed by atoms with Crippen molar-refractivity contribution in [2.24, 2.45) is 0 Å². The number of carbonyl (C=O) groups excluding carboxylic acids is 2. The quantitative estimate of drug-likeness (QED) is 0.409. The second-order valence-corrected chi connectivity index (χ2v) is 8.66. The van der Waals surface area contributed by atoms with Crippen molar-refractivity contribution in [3.63, 3.8) is 0 Å². The van der Waals surface area contributed by atoms with E-state index >= 15 is 0 Å². The van der Waals surface area contributed by atoms with Gasteiger partial charge in [0.1, 0.15) is 5.75 Å². The second-order valence-electron chi connectivity index (χ2n) is 6.72. The largest absolute Gasteiger partial charge is 0.497 e. The van der Waals surface area contributed by atoms with Crippen molar-refractivity contribution >= 4 is 28.0 Å². The van der Waals surface area contributed by atoms with Crippen LogP contribution in [0.15, 0.2) is 59.5 Å². The molecule has 9 heteroatoms. The lowest BCUT2D eigenvalue weighted by molar-refractivity contribution is -0.143. The van der Waals surface area contributed by atoms with Gasteiger partial charge in [0.15, 0.2) is 6.61 Å². The summed E-state index contributed by atoms with van der Waals surface area (Å²) in [6, 6.07) is 13.4. The third-order valence-corrected chi connectivity index (χ3v) is 6.69. The molecule has 0 atom stereocenters. The van der Waals surface area contributed by atoms with E-state index in [0.29, 0.717) is 25.2 Å². The molecule has 0 bridgehead atoms. The summed E-state index contributed by atoms with van der Waals surface area (Å²) in [4.78, 5) is 23.9. The number of hydrogen-bond donors (Lipinski definition) is 1. The molecule has 0 radical (unpaired) electrons. The highest BCUT2D eigenvalue weighted by Crippen LogP contribution is 2.17. The van der Waals surface area contributed by atoms with Crippen LogP contribution in [0.2, 0.25) is 0 Å². The van der Waals surface area contributed by atoms with Gasteiger partial charge in [-0.15, -0.1) is 0 Å². The molecular formula is C23H28N2O6S. The Labute approximate surface area is 188 Å². The maximum Gasteiger partial charge on any atom is 0.331 e. The van der Waals surface area contributed by atoms with Crippen LogP contribution in [0.3, 0.4) is 0 Å². The molecule has 0 spiro atoms. The van der Waals surface area contributed by atoms with E-state index in [1.54, 1.807) is 45.2 Å². The lowest BCUT2D eigenvalue weighted by atomic mass is 10.2. The lowest BCUT2D eigenvalue weighted by Crippen LogP contribution is -2.30. The second kappa shape index (κ2) is 12.0. The molecule has 0 aliphatic carbocycles. The third-order valence-electron chi connectivity index (χ3n) is 4.63. The van der Waals surface area contributed by atoms with Crippen LogP contribution in [0.25, 0.3) is 6.08 Å². The Bertz CT molecular complexity index is 1030. The number of amides is 1. The molecule has 32 heavy (non-hydrogen) atoms. The Morgan fingerprint density at radius 2 is 1.62 bits per heavy atom. The Balaban J connectivity index is 1.82. The SMILES string of the molecule is CCN(CC)S(=O)(=O)c1ccc(/C=C/C(=O)OCC(=O)NCc2ccc(OC)cc2)cc1. The van der Waals surface area contributed by atoms with Gasteiger partial charge in [-0.05, 0) is 41.5 Å². The normalized spacial score (nSPS) is 11.5. The highest BCUT2D eigenvalue weighted by atomic mass is 32.2. The molecule has 1 N–H and O–H groups in total. The lowest BCUT2D eigenvalue weighted by Gasteiger charge is -2.18. The first-order valence-corrected chi connectivity index (χ1v) is 11.6. The molecule has 172 valence electrons. The Kier molecular flexibility index (Phi) is 9.42. The van der Waals surface area contributed by atoms with E-state index in [2.05, 4.69) is 5.32 Å². The zero-order valence-corrected chi connectivity index (χ0v) is 19.2. The minimum Gasteiger partial charge on any atom is -0.497 e. The summed E-state index contributed by atoms with van der Waals surface area (Å²) in [5.41, 5.74) is 1.52. The first-order valence-electron chi connectivity index (χ1n) is 10.1. The van der Waals surface area contributed by atoms with Crippen LogP contribution in [-0.4, -0.2) is 51.4 Å². The van der Waals surface area contributed by atoms with Crippen LogP contribution < -0.4 is 10.1 Å². The topological polar surface area (TPSA) is 102 Å². The van der Waals surface area contributed by atoms with Gasteiger partial charge in [-0.3, -0.25) is 4.79 Å². The number of benzene rings is 2. The minimum absolute atomic E-state index is 0.189. The van der Waals surface area contributed by atoms with Crippen LogP contribution in [0.5, 0.6) is 5.75 Å². The Morgan fingerprint density at radius 3 is 2.19 bits per heavy atom. The van der Waals surface area contributed by atoms with E-state index in [4.69, 9.17) is 9.47 Å². The van der Waals surface area contributed by atoms with E-state index < -0.39 is 28.5 Å². The van der Waals surface area contributed by atoms with Gasteiger partial charge in [-0.2, -0.15) is 4.31 Å². The predicted molar refractivity (Wildman–Crippen MR) is 121 cm³/mol. The molecule has 8 nitrogen and oxygen atoms in total. The van der Waals surface area contributed by atoms with E-state index in [9.17, 15) is 18.0 Å². The Morgan fingerprint density at radius 1 is 1.00 bits per heavy atom. The van der Waals surface area contributed by atoms with Crippen molar-refractivity contribution < 1.29 is 27.5 Å². The fraction of sp³-hybridized carbons (Fsp3) is 0.304. The van der Waals surface area contributed by atoms with Crippen LogP contribution in [0.1, 0.15) is 25.0 Å². The van der Waals surface area contributed by atoms with Gasteiger partial charge in [-0.25, -0.2) is 13.2 Å². The van der Waals surface area contributed by atoms with E-state index in [0.717, 1.165) is 11.3 Å². The van der Waals surface area contributed by atoms with Crippen molar-refractivity contribution in [3.05, 3.63) is 65.7 Å². The van der Waals surface area contributed by atoms with Gasteiger partial charge in [0.05, 0.1) is 12.0 Å². The van der Waals surface area contributed by atoms with Crippen LogP contribution in [0, 0.1) is 0 Å². The summed E-state index contributed by atoms with van der Waals surface area (Å²) in [5.74, 6) is -0.376. The van der Waals surface area contributed by atoms with Gasteiger partial charge >= 0.3 is 5.97 Å². The van der Waals surface area contributed by atoms with Crippen LogP contribution >= 0.6 is 0 Å². The van der Waals surface area contributed by atoms with Crippen LogP contribution in [-0.2, 0) is 30.9 Å². The third kappa shape index (κ3) is 7.21. The maximum absolute atomic E-state index is 12.5. The van der Waals surface area contributed by atoms with Crippen molar-refractivity contribution in [2.75, 3.05) is 26.8 Å². The molecule has 2 rings (SSSR count). The van der Waals surface area contributed by atoms with Crippen molar-refractivity contribution in [1.82, 2.24) is 9.62 Å². The average Bonchev–Trinajstić information content (AvgIpc) is 2.81. The number of carbonyl (C=O) groups is 2. The first-order chi connectivity index (χ1) is 15.3. The summed E-state index contributed by atoms with van der Waals surface area (Å²) >= 11 is 0. The molecule has 0 fully saturated rings. The highest BCUT2D eigenvalue weighted by Gasteiger charge is 2.20. The monoisotopic (exact) mass is 460 g/mol. The average molecular weight is 461 g/mol. The molecule has 0 unspecified atom stereocenters. The molecule has 0 saturated carbocycles. The number of rotatable bonds is 11. The molecule has 0 heterocycles. The van der Waals surface area contributed by atoms with Gasteiger partial charge in [0.25, 0.3) is 5.91 Å². The first kappa shape index (κ1) is 25.1. The van der Waals surface area contributed by atoms with E-state index in [1.165, 1.54) is 28.6 Å². The fourth-order valence-electron chi connectivity index (χ4n) is 2.81. The summed E-state index contributed by atoms with van der Waals surface area (Å²) in [7, 11) is -1.95. The molecule has 1 amide bonds. The van der Waals surface area contributed by atoms with E-state index in [-0.39, 0.29) is 4.90 Å². The number of hydrogen-bond acceptors (Lipinski definition) is 6. The number of esters is 1. The summed E-state index contributed by atoms with van der Waals surface area (Å²) < 4.78 is 36.3. The number of ether oxygens (including phenoxy) is 2.